The third kappa shape index (κ3) is 47.9. The van der Waals surface area contributed by atoms with Gasteiger partial charge < -0.3 is 14.2 Å². The van der Waals surface area contributed by atoms with Crippen LogP contribution < -0.4 is 0 Å². The first-order valence-electron chi connectivity index (χ1n) is 25.9. The zero-order valence-corrected chi connectivity index (χ0v) is 40.6. The first-order chi connectivity index (χ1) is 30.5. The van der Waals surface area contributed by atoms with E-state index in [1.165, 1.54) is 135 Å². The Kier molecular flexibility index (Phi) is 47.9. The van der Waals surface area contributed by atoms with Crippen molar-refractivity contribution >= 4 is 17.9 Å². The molecule has 6 heteroatoms. The van der Waals surface area contributed by atoms with E-state index in [4.69, 9.17) is 14.2 Å². The molecule has 0 bridgehead atoms. The van der Waals surface area contributed by atoms with E-state index in [0.29, 0.717) is 19.3 Å². The van der Waals surface area contributed by atoms with Gasteiger partial charge in [-0.1, -0.05) is 216 Å². The van der Waals surface area contributed by atoms with Crippen molar-refractivity contribution < 1.29 is 28.6 Å². The van der Waals surface area contributed by atoms with Gasteiger partial charge >= 0.3 is 17.9 Å². The summed E-state index contributed by atoms with van der Waals surface area (Å²) in [5, 5.41) is 0. The Morgan fingerprint density at radius 2 is 0.597 bits per heavy atom. The molecule has 0 aromatic heterocycles. The maximum Gasteiger partial charge on any atom is 0.306 e. The molecule has 0 aromatic carbocycles. The summed E-state index contributed by atoms with van der Waals surface area (Å²) in [6.45, 7) is 6.52. The zero-order valence-electron chi connectivity index (χ0n) is 40.6. The lowest BCUT2D eigenvalue weighted by atomic mass is 10.1. The first kappa shape index (κ1) is 58.9. The molecule has 0 aromatic rings. The molecule has 0 saturated heterocycles. The van der Waals surface area contributed by atoms with E-state index in [1.807, 2.05) is 0 Å². The fourth-order valence-electron chi connectivity index (χ4n) is 7.00. The molecule has 0 rings (SSSR count). The molecule has 0 heterocycles. The van der Waals surface area contributed by atoms with Gasteiger partial charge in [-0.05, 0) is 83.5 Å². The van der Waals surface area contributed by atoms with Crippen LogP contribution in [0.2, 0.25) is 0 Å². The van der Waals surface area contributed by atoms with E-state index in [9.17, 15) is 14.4 Å². The minimum atomic E-state index is -0.819. The molecule has 0 saturated carbocycles. The Balaban J connectivity index is 4.51. The molecule has 0 radical (unpaired) electrons. The number of esters is 3. The van der Waals surface area contributed by atoms with E-state index in [2.05, 4.69) is 93.7 Å². The van der Waals surface area contributed by atoms with Gasteiger partial charge in [0.15, 0.2) is 6.10 Å². The fraction of sp³-hybridized carbons (Fsp3) is 0.732. The lowest BCUT2D eigenvalue weighted by Crippen LogP contribution is -2.30. The van der Waals surface area contributed by atoms with Crippen molar-refractivity contribution in [3.05, 3.63) is 72.9 Å². The second-order valence-corrected chi connectivity index (χ2v) is 17.1. The van der Waals surface area contributed by atoms with Gasteiger partial charge in [0, 0.05) is 19.3 Å². The standard InChI is InChI=1S/C56H96O6/c1-4-7-10-13-16-19-22-24-26-28-30-32-34-37-40-43-46-49-55(58)61-52-53(51-60-54(57)48-45-42-39-36-21-18-15-12-9-6-3)62-56(59)50-47-44-41-38-35-33-31-29-27-25-23-20-17-14-11-8-5-2/h24-27,30-33,37-38,40-41,53H,4-23,28-29,34-36,39,42-52H2,1-3H3/b26-24-,27-25-,32-30-,33-31-,40-37-,41-38-. The lowest BCUT2D eigenvalue weighted by Gasteiger charge is -2.18. The van der Waals surface area contributed by atoms with Gasteiger partial charge in [0.2, 0.25) is 0 Å². The molecule has 1 unspecified atom stereocenters. The van der Waals surface area contributed by atoms with Crippen LogP contribution in [0, 0.1) is 0 Å². The third-order valence-electron chi connectivity index (χ3n) is 10.9. The summed E-state index contributed by atoms with van der Waals surface area (Å²) >= 11 is 0. The van der Waals surface area contributed by atoms with Crippen molar-refractivity contribution in [3.63, 3.8) is 0 Å². The molecular formula is C56H96O6. The quantitative estimate of drug-likeness (QED) is 0.0262. The molecule has 0 N–H and O–H groups in total. The van der Waals surface area contributed by atoms with Crippen LogP contribution in [0.1, 0.15) is 245 Å². The molecule has 0 spiro atoms. The van der Waals surface area contributed by atoms with E-state index in [0.717, 1.165) is 57.8 Å². The van der Waals surface area contributed by atoms with Crippen molar-refractivity contribution in [3.8, 4) is 0 Å². The second kappa shape index (κ2) is 50.5. The Morgan fingerprint density at radius 1 is 0.323 bits per heavy atom. The summed E-state index contributed by atoms with van der Waals surface area (Å²) in [7, 11) is 0. The molecule has 1 atom stereocenters. The maximum absolute atomic E-state index is 12.8. The smallest absolute Gasteiger partial charge is 0.306 e. The van der Waals surface area contributed by atoms with Crippen LogP contribution in [-0.2, 0) is 28.6 Å². The SMILES string of the molecule is CCCCCCCC/C=C\C/C=C\C/C=C\CCCC(=O)OCC(COC(=O)CCCCCCCCCCCC)OC(=O)CCC/C=C\C/C=C\C/C=C\CCCCCCCC. The van der Waals surface area contributed by atoms with E-state index >= 15 is 0 Å². The monoisotopic (exact) mass is 865 g/mol. The molecule has 62 heavy (non-hydrogen) atoms. The van der Waals surface area contributed by atoms with Crippen molar-refractivity contribution in [1.82, 2.24) is 0 Å². The molecule has 0 aliphatic rings. The average molecular weight is 865 g/mol. The summed E-state index contributed by atoms with van der Waals surface area (Å²) in [5.74, 6) is -1.02. The lowest BCUT2D eigenvalue weighted by molar-refractivity contribution is -0.167. The van der Waals surface area contributed by atoms with E-state index in [-0.39, 0.29) is 44.0 Å². The van der Waals surface area contributed by atoms with Gasteiger partial charge in [0.05, 0.1) is 0 Å². The molecule has 356 valence electrons. The van der Waals surface area contributed by atoms with E-state index in [1.54, 1.807) is 0 Å². The molecule has 0 aliphatic heterocycles. The highest BCUT2D eigenvalue weighted by Gasteiger charge is 2.19. The maximum atomic E-state index is 12.8. The largest absolute Gasteiger partial charge is 0.462 e. The van der Waals surface area contributed by atoms with Gasteiger partial charge in [-0.3, -0.25) is 14.4 Å². The van der Waals surface area contributed by atoms with Crippen molar-refractivity contribution in [2.45, 2.75) is 252 Å². The van der Waals surface area contributed by atoms with Crippen molar-refractivity contribution in [2.24, 2.45) is 0 Å². The number of carbonyl (C=O) groups is 3. The zero-order chi connectivity index (χ0) is 45.1. The molecule has 0 amide bonds. The number of ether oxygens (including phenoxy) is 3. The third-order valence-corrected chi connectivity index (χ3v) is 10.9. The van der Waals surface area contributed by atoms with Crippen LogP contribution in [0.5, 0.6) is 0 Å². The van der Waals surface area contributed by atoms with Gasteiger partial charge in [-0.2, -0.15) is 0 Å². The predicted octanol–water partition coefficient (Wildman–Crippen LogP) is 17.0. The Bertz CT molecular complexity index is 1180. The summed E-state index contributed by atoms with van der Waals surface area (Å²) in [6, 6.07) is 0. The molecular weight excluding hydrogens is 769 g/mol. The van der Waals surface area contributed by atoms with Crippen LogP contribution in [0.3, 0.4) is 0 Å². The highest BCUT2D eigenvalue weighted by atomic mass is 16.6. The summed E-state index contributed by atoms with van der Waals surface area (Å²) in [6.07, 6.45) is 63.3. The minimum Gasteiger partial charge on any atom is -0.462 e. The van der Waals surface area contributed by atoms with Gasteiger partial charge in [-0.15, -0.1) is 0 Å². The molecule has 6 nitrogen and oxygen atoms in total. The molecule has 0 fully saturated rings. The topological polar surface area (TPSA) is 78.9 Å². The highest BCUT2D eigenvalue weighted by Crippen LogP contribution is 2.13. The molecule has 0 aliphatic carbocycles. The highest BCUT2D eigenvalue weighted by molar-refractivity contribution is 5.71. The predicted molar refractivity (Wildman–Crippen MR) is 265 cm³/mol. The number of carbonyl (C=O) groups excluding carboxylic acids is 3. The second-order valence-electron chi connectivity index (χ2n) is 17.1. The normalized spacial score (nSPS) is 12.6. The van der Waals surface area contributed by atoms with Crippen molar-refractivity contribution in [1.29, 1.82) is 0 Å². The number of unbranched alkanes of at least 4 members (excludes halogenated alkanes) is 23. The Hall–Kier alpha value is -3.15. The van der Waals surface area contributed by atoms with Crippen LogP contribution in [-0.4, -0.2) is 37.2 Å². The van der Waals surface area contributed by atoms with Gasteiger partial charge in [0.1, 0.15) is 13.2 Å². The number of rotatable bonds is 46. The summed E-state index contributed by atoms with van der Waals surface area (Å²) in [4.78, 5) is 37.9. The number of allylic oxidation sites excluding steroid dienone is 12. The Labute approximate surface area is 382 Å². The average Bonchev–Trinajstić information content (AvgIpc) is 3.27. The van der Waals surface area contributed by atoms with Crippen LogP contribution in [0.15, 0.2) is 72.9 Å². The van der Waals surface area contributed by atoms with Crippen molar-refractivity contribution in [2.75, 3.05) is 13.2 Å². The first-order valence-corrected chi connectivity index (χ1v) is 25.9. The minimum absolute atomic E-state index is 0.110. The fourth-order valence-corrected chi connectivity index (χ4v) is 7.00. The summed E-state index contributed by atoms with van der Waals surface area (Å²) < 4.78 is 16.7. The summed E-state index contributed by atoms with van der Waals surface area (Å²) in [5.41, 5.74) is 0. The van der Waals surface area contributed by atoms with E-state index < -0.39 is 6.10 Å². The Morgan fingerprint density at radius 3 is 0.968 bits per heavy atom. The number of hydrogen-bond acceptors (Lipinski definition) is 6. The van der Waals surface area contributed by atoms with Crippen LogP contribution in [0.25, 0.3) is 0 Å². The number of hydrogen-bond donors (Lipinski definition) is 0. The van der Waals surface area contributed by atoms with Gasteiger partial charge in [-0.25, -0.2) is 0 Å². The van der Waals surface area contributed by atoms with Crippen LogP contribution >= 0.6 is 0 Å². The van der Waals surface area contributed by atoms with Gasteiger partial charge in [0.25, 0.3) is 0 Å². The van der Waals surface area contributed by atoms with Crippen LogP contribution in [0.4, 0.5) is 0 Å².